The van der Waals surface area contributed by atoms with Crippen molar-refractivity contribution in [2.75, 3.05) is 18.5 Å². The second-order valence-electron chi connectivity index (χ2n) is 6.10. The zero-order chi connectivity index (χ0) is 16.1. The van der Waals surface area contributed by atoms with Crippen molar-refractivity contribution >= 4 is 17.5 Å². The summed E-state index contributed by atoms with van der Waals surface area (Å²) in [7, 11) is 0. The summed E-state index contributed by atoms with van der Waals surface area (Å²) >= 11 is 0. The molecule has 0 bridgehead atoms. The minimum atomic E-state index is -0.255. The molecule has 1 aliphatic rings. The van der Waals surface area contributed by atoms with Crippen LogP contribution in [0.5, 0.6) is 0 Å². The van der Waals surface area contributed by atoms with Crippen LogP contribution < -0.4 is 10.6 Å². The van der Waals surface area contributed by atoms with Gasteiger partial charge in [-0.25, -0.2) is 4.79 Å². The predicted octanol–water partition coefficient (Wildman–Crippen LogP) is 3.07. The molecule has 0 aliphatic carbocycles. The lowest BCUT2D eigenvalue weighted by Gasteiger charge is -2.22. The van der Waals surface area contributed by atoms with E-state index < -0.39 is 0 Å². The fraction of sp³-hybridized carbons (Fsp3) is 0.529. The standard InChI is InChI=1S/C17H24N2O3/c1-11(2)16-14(7-8-22-16)10-18-17(21)19-15-6-4-5-13(9-15)12(3)20/h4-6,9,11,14,16H,7-8,10H2,1-3H3,(H2,18,19,21)/t14-,16+/m1/s1. The number of ketones is 1. The van der Waals surface area contributed by atoms with Gasteiger partial charge in [0, 0.05) is 30.3 Å². The minimum absolute atomic E-state index is 0.0214. The van der Waals surface area contributed by atoms with Gasteiger partial charge >= 0.3 is 6.03 Å². The molecular formula is C17H24N2O3. The molecule has 2 atom stereocenters. The molecule has 2 amide bonds. The first-order chi connectivity index (χ1) is 10.5. The molecule has 1 aromatic carbocycles. The molecule has 5 nitrogen and oxygen atoms in total. The van der Waals surface area contributed by atoms with Gasteiger partial charge in [0.15, 0.2) is 5.78 Å². The van der Waals surface area contributed by atoms with Crippen molar-refractivity contribution in [3.05, 3.63) is 29.8 Å². The van der Waals surface area contributed by atoms with E-state index in [1.165, 1.54) is 6.92 Å². The van der Waals surface area contributed by atoms with Crippen molar-refractivity contribution in [3.8, 4) is 0 Å². The fourth-order valence-electron chi connectivity index (χ4n) is 2.83. The number of urea groups is 1. The normalized spacial score (nSPS) is 20.9. The fourth-order valence-corrected chi connectivity index (χ4v) is 2.83. The van der Waals surface area contributed by atoms with Gasteiger partial charge in [-0.3, -0.25) is 4.79 Å². The average molecular weight is 304 g/mol. The van der Waals surface area contributed by atoms with Gasteiger partial charge in [0.1, 0.15) is 0 Å². The van der Waals surface area contributed by atoms with Crippen LogP contribution in [0.1, 0.15) is 37.6 Å². The Balaban J connectivity index is 1.85. The Labute approximate surface area is 131 Å². The van der Waals surface area contributed by atoms with E-state index in [-0.39, 0.29) is 17.9 Å². The molecule has 1 aliphatic heterocycles. The molecule has 2 rings (SSSR count). The molecule has 120 valence electrons. The third-order valence-electron chi connectivity index (χ3n) is 3.97. The number of hydrogen-bond acceptors (Lipinski definition) is 3. The van der Waals surface area contributed by atoms with Crippen molar-refractivity contribution in [1.29, 1.82) is 0 Å². The molecule has 1 fully saturated rings. The monoisotopic (exact) mass is 304 g/mol. The largest absolute Gasteiger partial charge is 0.378 e. The van der Waals surface area contributed by atoms with Gasteiger partial charge in [0.2, 0.25) is 0 Å². The van der Waals surface area contributed by atoms with E-state index in [0.29, 0.717) is 29.6 Å². The van der Waals surface area contributed by atoms with E-state index in [2.05, 4.69) is 24.5 Å². The van der Waals surface area contributed by atoms with E-state index in [1.54, 1.807) is 24.3 Å². The molecule has 0 saturated carbocycles. The second-order valence-corrected chi connectivity index (χ2v) is 6.10. The molecule has 2 N–H and O–H groups in total. The lowest BCUT2D eigenvalue weighted by molar-refractivity contribution is 0.0546. The van der Waals surface area contributed by atoms with Crippen molar-refractivity contribution < 1.29 is 14.3 Å². The molecule has 0 aromatic heterocycles. The summed E-state index contributed by atoms with van der Waals surface area (Å²) in [5, 5.41) is 5.65. The number of carbonyl (C=O) groups excluding carboxylic acids is 2. The van der Waals surface area contributed by atoms with Gasteiger partial charge in [0.25, 0.3) is 0 Å². The summed E-state index contributed by atoms with van der Waals surface area (Å²) in [5.74, 6) is 0.783. The molecule has 1 heterocycles. The van der Waals surface area contributed by atoms with Crippen molar-refractivity contribution in [3.63, 3.8) is 0 Å². The van der Waals surface area contributed by atoms with Crippen LogP contribution in [0.3, 0.4) is 0 Å². The summed E-state index contributed by atoms with van der Waals surface area (Å²) in [4.78, 5) is 23.3. The van der Waals surface area contributed by atoms with E-state index in [0.717, 1.165) is 13.0 Å². The molecule has 1 aromatic rings. The van der Waals surface area contributed by atoms with Crippen LogP contribution in [-0.4, -0.2) is 31.1 Å². The Morgan fingerprint density at radius 2 is 2.14 bits per heavy atom. The molecule has 22 heavy (non-hydrogen) atoms. The van der Waals surface area contributed by atoms with Crippen LogP contribution in [0.4, 0.5) is 10.5 Å². The summed E-state index contributed by atoms with van der Waals surface area (Å²) in [6, 6.07) is 6.68. The highest BCUT2D eigenvalue weighted by Gasteiger charge is 2.30. The quantitative estimate of drug-likeness (QED) is 0.822. The minimum Gasteiger partial charge on any atom is -0.378 e. The summed E-state index contributed by atoms with van der Waals surface area (Å²) in [5.41, 5.74) is 1.20. The van der Waals surface area contributed by atoms with Crippen LogP contribution in [0, 0.1) is 11.8 Å². The zero-order valence-electron chi connectivity index (χ0n) is 13.4. The number of nitrogens with one attached hydrogen (secondary N) is 2. The molecular weight excluding hydrogens is 280 g/mol. The van der Waals surface area contributed by atoms with Gasteiger partial charge in [-0.05, 0) is 31.4 Å². The van der Waals surface area contributed by atoms with E-state index >= 15 is 0 Å². The van der Waals surface area contributed by atoms with Gasteiger partial charge in [0.05, 0.1) is 6.10 Å². The number of anilines is 1. The molecule has 0 radical (unpaired) electrons. The smallest absolute Gasteiger partial charge is 0.319 e. The number of rotatable bonds is 5. The maximum Gasteiger partial charge on any atom is 0.319 e. The molecule has 5 heteroatoms. The number of hydrogen-bond donors (Lipinski definition) is 2. The number of ether oxygens (including phenoxy) is 1. The van der Waals surface area contributed by atoms with Crippen LogP contribution in [-0.2, 0) is 4.74 Å². The van der Waals surface area contributed by atoms with Crippen molar-refractivity contribution in [2.24, 2.45) is 11.8 Å². The highest BCUT2D eigenvalue weighted by atomic mass is 16.5. The Kier molecular flexibility index (Phi) is 5.55. The first-order valence-corrected chi connectivity index (χ1v) is 7.75. The molecule has 0 spiro atoms. The lowest BCUT2D eigenvalue weighted by atomic mass is 9.93. The van der Waals surface area contributed by atoms with Gasteiger partial charge in [-0.1, -0.05) is 26.0 Å². The highest BCUT2D eigenvalue weighted by molar-refractivity contribution is 5.96. The maximum atomic E-state index is 12.0. The summed E-state index contributed by atoms with van der Waals surface area (Å²) < 4.78 is 5.71. The third-order valence-corrected chi connectivity index (χ3v) is 3.97. The summed E-state index contributed by atoms with van der Waals surface area (Å²) in [6.07, 6.45) is 1.18. The van der Waals surface area contributed by atoms with E-state index in [1.807, 2.05) is 0 Å². The zero-order valence-corrected chi connectivity index (χ0v) is 13.4. The average Bonchev–Trinajstić information content (AvgIpc) is 2.94. The van der Waals surface area contributed by atoms with Gasteiger partial charge < -0.3 is 15.4 Å². The van der Waals surface area contributed by atoms with Crippen LogP contribution in [0.25, 0.3) is 0 Å². The predicted molar refractivity (Wildman–Crippen MR) is 86.2 cm³/mol. The Hall–Kier alpha value is -1.88. The maximum absolute atomic E-state index is 12.0. The number of benzene rings is 1. The Bertz CT molecular complexity index is 542. The number of carbonyl (C=O) groups is 2. The number of amides is 2. The highest BCUT2D eigenvalue weighted by Crippen LogP contribution is 2.26. The first-order valence-electron chi connectivity index (χ1n) is 7.75. The van der Waals surface area contributed by atoms with E-state index in [4.69, 9.17) is 4.74 Å². The first kappa shape index (κ1) is 16.5. The third kappa shape index (κ3) is 4.31. The van der Waals surface area contributed by atoms with Gasteiger partial charge in [-0.2, -0.15) is 0 Å². The van der Waals surface area contributed by atoms with Crippen LogP contribution >= 0.6 is 0 Å². The lowest BCUT2D eigenvalue weighted by Crippen LogP contribution is -2.37. The van der Waals surface area contributed by atoms with Crippen molar-refractivity contribution in [2.45, 2.75) is 33.3 Å². The van der Waals surface area contributed by atoms with E-state index in [9.17, 15) is 9.59 Å². The summed E-state index contributed by atoms with van der Waals surface area (Å²) in [6.45, 7) is 7.14. The van der Waals surface area contributed by atoms with Crippen LogP contribution in [0.2, 0.25) is 0 Å². The molecule has 1 saturated heterocycles. The molecule has 0 unspecified atom stereocenters. The Morgan fingerprint density at radius 1 is 1.36 bits per heavy atom. The number of Topliss-reactive ketones (excluding diaryl/α,β-unsaturated/α-hetero) is 1. The Morgan fingerprint density at radius 3 is 2.82 bits per heavy atom. The second kappa shape index (κ2) is 7.40. The van der Waals surface area contributed by atoms with Crippen LogP contribution in [0.15, 0.2) is 24.3 Å². The van der Waals surface area contributed by atoms with Gasteiger partial charge in [-0.15, -0.1) is 0 Å². The SMILES string of the molecule is CC(=O)c1cccc(NC(=O)NC[C@H]2CCO[C@H]2C(C)C)c1. The topological polar surface area (TPSA) is 67.4 Å². The van der Waals surface area contributed by atoms with Crippen molar-refractivity contribution in [1.82, 2.24) is 5.32 Å².